The number of amides is 1. The zero-order chi connectivity index (χ0) is 24.1. The first-order valence-electron chi connectivity index (χ1n) is 11.4. The van der Waals surface area contributed by atoms with Gasteiger partial charge < -0.3 is 10.2 Å². The molecule has 1 amide bonds. The van der Waals surface area contributed by atoms with Crippen LogP contribution in [-0.4, -0.2) is 28.8 Å². The van der Waals surface area contributed by atoms with E-state index in [1.807, 2.05) is 84.9 Å². The molecule has 0 saturated heterocycles. The lowest BCUT2D eigenvalue weighted by molar-refractivity contribution is 0.102. The normalized spacial score (nSPS) is 10.7. The molecule has 1 aromatic heterocycles. The number of carbonyl (C=O) groups excluding carboxylic acids is 1. The van der Waals surface area contributed by atoms with Crippen LogP contribution >= 0.6 is 0 Å². The van der Waals surface area contributed by atoms with Crippen molar-refractivity contribution in [2.24, 2.45) is 7.05 Å². The summed E-state index contributed by atoms with van der Waals surface area (Å²) in [5.74, 6) is -0.463. The largest absolute Gasteiger partial charge is 0.372 e. The van der Waals surface area contributed by atoms with Crippen molar-refractivity contribution in [3.63, 3.8) is 0 Å². The summed E-state index contributed by atoms with van der Waals surface area (Å²) in [7, 11) is 1.57. The highest BCUT2D eigenvalue weighted by molar-refractivity contribution is 6.10. The number of carbonyl (C=O) groups is 1. The number of aromatic nitrogens is 2. The van der Waals surface area contributed by atoms with Crippen LogP contribution in [0.15, 0.2) is 89.7 Å². The smallest absolute Gasteiger partial charge is 0.280 e. The fourth-order valence-electron chi connectivity index (χ4n) is 4.07. The second-order valence-electron chi connectivity index (χ2n) is 7.93. The van der Waals surface area contributed by atoms with Crippen LogP contribution in [0, 0.1) is 0 Å². The summed E-state index contributed by atoms with van der Waals surface area (Å²) >= 11 is 0. The minimum Gasteiger partial charge on any atom is -0.372 e. The molecule has 0 fully saturated rings. The zero-order valence-corrected chi connectivity index (χ0v) is 19.7. The van der Waals surface area contributed by atoms with Gasteiger partial charge in [-0.1, -0.05) is 60.7 Å². The Morgan fingerprint density at radius 1 is 0.853 bits per heavy atom. The van der Waals surface area contributed by atoms with E-state index in [0.29, 0.717) is 16.9 Å². The molecule has 0 bridgehead atoms. The summed E-state index contributed by atoms with van der Waals surface area (Å²) in [6.45, 7) is 6.01. The van der Waals surface area contributed by atoms with Crippen LogP contribution in [0.25, 0.3) is 22.4 Å². The standard InChI is InChI=1S/C28H28N4O2/c1-4-32(5-2)23-18-16-22(17-19-23)29-27(33)25-24(20-12-8-6-9-13-20)26(30-31(3)28(25)34)21-14-10-7-11-15-21/h6-19H,4-5H2,1-3H3,(H,29,33). The van der Waals surface area contributed by atoms with Gasteiger partial charge >= 0.3 is 0 Å². The monoisotopic (exact) mass is 452 g/mol. The molecule has 0 saturated carbocycles. The van der Waals surface area contributed by atoms with E-state index in [1.165, 1.54) is 4.68 Å². The third-order valence-electron chi connectivity index (χ3n) is 5.84. The van der Waals surface area contributed by atoms with E-state index in [2.05, 4.69) is 29.2 Å². The molecular formula is C28H28N4O2. The number of aryl methyl sites for hydroxylation is 1. The van der Waals surface area contributed by atoms with Gasteiger partial charge in [-0.15, -0.1) is 0 Å². The van der Waals surface area contributed by atoms with Crippen molar-refractivity contribution < 1.29 is 4.79 Å². The summed E-state index contributed by atoms with van der Waals surface area (Å²) in [5, 5.41) is 7.46. The van der Waals surface area contributed by atoms with Gasteiger partial charge in [0.1, 0.15) is 5.56 Å². The topological polar surface area (TPSA) is 67.2 Å². The molecule has 0 aliphatic carbocycles. The van der Waals surface area contributed by atoms with Crippen molar-refractivity contribution in [2.45, 2.75) is 13.8 Å². The first-order valence-corrected chi connectivity index (χ1v) is 11.4. The Kier molecular flexibility index (Phi) is 6.87. The van der Waals surface area contributed by atoms with Crippen molar-refractivity contribution in [1.29, 1.82) is 0 Å². The lowest BCUT2D eigenvalue weighted by atomic mass is 9.95. The Labute approximate surface area is 199 Å². The predicted octanol–water partition coefficient (Wildman–Crippen LogP) is 5.21. The summed E-state index contributed by atoms with van der Waals surface area (Å²) in [6, 6.07) is 26.7. The van der Waals surface area contributed by atoms with Crippen LogP contribution in [0.4, 0.5) is 11.4 Å². The molecule has 1 N–H and O–H groups in total. The molecule has 0 spiro atoms. The van der Waals surface area contributed by atoms with Gasteiger partial charge in [0, 0.05) is 42.6 Å². The molecule has 0 atom stereocenters. The molecule has 4 aromatic rings. The van der Waals surface area contributed by atoms with Crippen LogP contribution in [0.1, 0.15) is 24.2 Å². The number of nitrogens with one attached hydrogen (secondary N) is 1. The average molecular weight is 453 g/mol. The molecule has 0 unspecified atom stereocenters. The number of nitrogens with zero attached hydrogens (tertiary/aromatic N) is 3. The second kappa shape index (κ2) is 10.2. The molecule has 3 aromatic carbocycles. The van der Waals surface area contributed by atoms with E-state index >= 15 is 0 Å². The maximum atomic E-state index is 13.5. The third-order valence-corrected chi connectivity index (χ3v) is 5.84. The van der Waals surface area contributed by atoms with Gasteiger partial charge in [0.05, 0.1) is 5.69 Å². The minimum absolute atomic E-state index is 0.0652. The number of hydrogen-bond donors (Lipinski definition) is 1. The molecule has 0 aliphatic heterocycles. The fourth-order valence-corrected chi connectivity index (χ4v) is 4.07. The van der Waals surface area contributed by atoms with Crippen LogP contribution in [0.2, 0.25) is 0 Å². The maximum Gasteiger partial charge on any atom is 0.280 e. The Bertz CT molecular complexity index is 1330. The van der Waals surface area contributed by atoms with Gasteiger partial charge in [-0.2, -0.15) is 5.10 Å². The van der Waals surface area contributed by atoms with E-state index < -0.39 is 11.5 Å². The molecule has 6 nitrogen and oxygen atoms in total. The average Bonchev–Trinajstić information content (AvgIpc) is 2.88. The van der Waals surface area contributed by atoms with Crippen molar-refractivity contribution >= 4 is 17.3 Å². The van der Waals surface area contributed by atoms with Crippen molar-refractivity contribution in [3.8, 4) is 22.4 Å². The van der Waals surface area contributed by atoms with Gasteiger partial charge in [-0.3, -0.25) is 9.59 Å². The molecule has 6 heteroatoms. The van der Waals surface area contributed by atoms with Gasteiger partial charge in [-0.05, 0) is 43.7 Å². The zero-order valence-electron chi connectivity index (χ0n) is 19.7. The summed E-state index contributed by atoms with van der Waals surface area (Å²) < 4.78 is 1.23. The number of benzene rings is 3. The molecule has 4 rings (SSSR count). The Morgan fingerprint density at radius 3 is 1.97 bits per heavy atom. The van der Waals surface area contributed by atoms with E-state index in [9.17, 15) is 9.59 Å². The maximum absolute atomic E-state index is 13.5. The van der Waals surface area contributed by atoms with Gasteiger partial charge in [0.25, 0.3) is 11.5 Å². The number of hydrogen-bond acceptors (Lipinski definition) is 4. The highest BCUT2D eigenvalue weighted by atomic mass is 16.2. The van der Waals surface area contributed by atoms with Crippen LogP contribution < -0.4 is 15.8 Å². The third kappa shape index (κ3) is 4.62. The van der Waals surface area contributed by atoms with Gasteiger partial charge in [0.15, 0.2) is 0 Å². The number of rotatable bonds is 7. The minimum atomic E-state index is -0.463. The number of anilines is 2. The summed E-state index contributed by atoms with van der Waals surface area (Å²) in [6.07, 6.45) is 0. The molecular weight excluding hydrogens is 424 g/mol. The van der Waals surface area contributed by atoms with E-state index in [4.69, 9.17) is 0 Å². The SMILES string of the molecule is CCN(CC)c1ccc(NC(=O)c2c(-c3ccccc3)c(-c3ccccc3)nn(C)c2=O)cc1. The first-order chi connectivity index (χ1) is 16.5. The molecule has 172 valence electrons. The van der Waals surface area contributed by atoms with Crippen LogP contribution in [0.3, 0.4) is 0 Å². The Balaban J connectivity index is 1.82. The highest BCUT2D eigenvalue weighted by Gasteiger charge is 2.24. The summed E-state index contributed by atoms with van der Waals surface area (Å²) in [5.41, 5.74) is 4.01. The van der Waals surface area contributed by atoms with Crippen molar-refractivity contribution in [3.05, 3.63) is 101 Å². The predicted molar refractivity (Wildman–Crippen MR) is 138 cm³/mol. The van der Waals surface area contributed by atoms with Crippen LogP contribution in [-0.2, 0) is 7.05 Å². The Hall–Kier alpha value is -4.19. The van der Waals surface area contributed by atoms with Gasteiger partial charge in [0.2, 0.25) is 0 Å². The molecule has 34 heavy (non-hydrogen) atoms. The van der Waals surface area contributed by atoms with Crippen LogP contribution in [0.5, 0.6) is 0 Å². The van der Waals surface area contributed by atoms with E-state index in [-0.39, 0.29) is 5.56 Å². The Morgan fingerprint density at radius 2 is 1.41 bits per heavy atom. The van der Waals surface area contributed by atoms with Crippen molar-refractivity contribution in [2.75, 3.05) is 23.3 Å². The quantitative estimate of drug-likeness (QED) is 0.418. The second-order valence-corrected chi connectivity index (χ2v) is 7.93. The summed E-state index contributed by atoms with van der Waals surface area (Å²) in [4.78, 5) is 29.0. The fraction of sp³-hybridized carbons (Fsp3) is 0.179. The molecule has 0 radical (unpaired) electrons. The lowest BCUT2D eigenvalue weighted by Gasteiger charge is -2.21. The lowest BCUT2D eigenvalue weighted by Crippen LogP contribution is -2.31. The first kappa shape index (κ1) is 23.0. The molecule has 1 heterocycles. The highest BCUT2D eigenvalue weighted by Crippen LogP contribution is 2.32. The molecule has 0 aliphatic rings. The van der Waals surface area contributed by atoms with Crippen molar-refractivity contribution in [1.82, 2.24) is 9.78 Å². The van der Waals surface area contributed by atoms with E-state index in [0.717, 1.165) is 29.9 Å². The van der Waals surface area contributed by atoms with E-state index in [1.54, 1.807) is 7.05 Å². The van der Waals surface area contributed by atoms with Gasteiger partial charge in [-0.25, -0.2) is 4.68 Å².